The van der Waals surface area contributed by atoms with Gasteiger partial charge in [-0.05, 0) is 25.5 Å². The first-order chi connectivity index (χ1) is 10.1. The molecular formula is C15H12F3NO3. The number of benzene rings is 1. The Bertz CT molecular complexity index is 713. The zero-order valence-electron chi connectivity index (χ0n) is 11.7. The van der Waals surface area contributed by atoms with Crippen LogP contribution in [0.15, 0.2) is 35.6 Å². The predicted molar refractivity (Wildman–Crippen MR) is 72.4 cm³/mol. The second-order valence-corrected chi connectivity index (χ2v) is 5.05. The fraction of sp³-hybridized carbons (Fsp3) is 0.200. The predicted octanol–water partition coefficient (Wildman–Crippen LogP) is 2.25. The molecule has 0 fully saturated rings. The molecule has 0 spiro atoms. The highest BCUT2D eigenvalue weighted by Gasteiger charge is 2.42. The van der Waals surface area contributed by atoms with Crippen LogP contribution in [0.25, 0.3) is 0 Å². The molecule has 0 aromatic heterocycles. The van der Waals surface area contributed by atoms with Crippen molar-refractivity contribution in [1.29, 1.82) is 0 Å². The molecule has 4 nitrogen and oxygen atoms in total. The molecule has 7 heteroatoms. The number of ketones is 2. The summed E-state index contributed by atoms with van der Waals surface area (Å²) >= 11 is 0. The van der Waals surface area contributed by atoms with E-state index < -0.39 is 34.6 Å². The van der Waals surface area contributed by atoms with Crippen molar-refractivity contribution in [3.05, 3.63) is 53.0 Å². The fourth-order valence-corrected chi connectivity index (χ4v) is 1.94. The van der Waals surface area contributed by atoms with Crippen molar-refractivity contribution in [2.45, 2.75) is 19.4 Å². The van der Waals surface area contributed by atoms with Crippen molar-refractivity contribution in [2.24, 2.45) is 0 Å². The number of anilines is 1. The lowest BCUT2D eigenvalue weighted by atomic mass is 9.82. The zero-order valence-corrected chi connectivity index (χ0v) is 11.7. The maximum Gasteiger partial charge on any atom is 0.203 e. The molecule has 0 heterocycles. The maximum atomic E-state index is 13.1. The van der Waals surface area contributed by atoms with Gasteiger partial charge in [0.05, 0.1) is 0 Å². The van der Waals surface area contributed by atoms with Gasteiger partial charge >= 0.3 is 0 Å². The molecule has 1 aliphatic carbocycles. The van der Waals surface area contributed by atoms with Crippen LogP contribution in [-0.2, 0) is 9.59 Å². The molecule has 1 atom stereocenters. The van der Waals surface area contributed by atoms with Crippen LogP contribution in [0.3, 0.4) is 0 Å². The number of hydrogen-bond acceptors (Lipinski definition) is 4. The highest BCUT2D eigenvalue weighted by molar-refractivity contribution is 6.25. The second-order valence-electron chi connectivity index (χ2n) is 5.05. The van der Waals surface area contributed by atoms with E-state index in [9.17, 15) is 27.9 Å². The maximum absolute atomic E-state index is 13.1. The lowest BCUT2D eigenvalue weighted by molar-refractivity contribution is -0.144. The number of carbonyl (C=O) groups excluding carboxylic acids is 2. The van der Waals surface area contributed by atoms with Crippen LogP contribution >= 0.6 is 0 Å². The van der Waals surface area contributed by atoms with Gasteiger partial charge in [0.1, 0.15) is 0 Å². The van der Waals surface area contributed by atoms with Gasteiger partial charge in [-0.15, -0.1) is 0 Å². The van der Waals surface area contributed by atoms with Gasteiger partial charge in [0.15, 0.2) is 28.8 Å². The molecular weight excluding hydrogens is 299 g/mol. The zero-order chi connectivity index (χ0) is 16.7. The number of allylic oxidation sites excluding steroid dienone is 1. The molecule has 116 valence electrons. The topological polar surface area (TPSA) is 66.4 Å². The molecule has 22 heavy (non-hydrogen) atoms. The van der Waals surface area contributed by atoms with Gasteiger partial charge < -0.3 is 10.4 Å². The molecule has 0 bridgehead atoms. The minimum absolute atomic E-state index is 0.0188. The molecule has 0 saturated heterocycles. The van der Waals surface area contributed by atoms with Gasteiger partial charge in [-0.25, -0.2) is 13.2 Å². The first kappa shape index (κ1) is 16.0. The first-order valence-electron chi connectivity index (χ1n) is 6.26. The van der Waals surface area contributed by atoms with E-state index in [0.717, 1.165) is 19.2 Å². The van der Waals surface area contributed by atoms with Crippen LogP contribution in [0.1, 0.15) is 13.8 Å². The number of hydrogen-bond donors (Lipinski definition) is 2. The summed E-state index contributed by atoms with van der Waals surface area (Å²) in [5.74, 6) is -5.95. The normalized spacial score (nSPS) is 23.7. The van der Waals surface area contributed by atoms with Crippen molar-refractivity contribution < 1.29 is 27.9 Å². The molecule has 1 aliphatic rings. The van der Waals surface area contributed by atoms with E-state index in [1.165, 1.54) is 6.92 Å². The van der Waals surface area contributed by atoms with Crippen LogP contribution in [0, 0.1) is 17.5 Å². The molecule has 1 aromatic rings. The average Bonchev–Trinajstić information content (AvgIpc) is 2.43. The minimum atomic E-state index is -2.19. The summed E-state index contributed by atoms with van der Waals surface area (Å²) in [7, 11) is 0. The quantitative estimate of drug-likeness (QED) is 0.499. The smallest absolute Gasteiger partial charge is 0.203 e. The summed E-state index contributed by atoms with van der Waals surface area (Å²) < 4.78 is 39.0. The van der Waals surface area contributed by atoms with E-state index in [0.29, 0.717) is 12.1 Å². The Kier molecular flexibility index (Phi) is 3.93. The number of aliphatic hydroxyl groups is 1. The molecule has 0 unspecified atom stereocenters. The van der Waals surface area contributed by atoms with Gasteiger partial charge in [-0.2, -0.15) is 0 Å². The molecule has 0 saturated carbocycles. The van der Waals surface area contributed by atoms with Crippen LogP contribution < -0.4 is 5.32 Å². The van der Waals surface area contributed by atoms with Gasteiger partial charge in [-0.3, -0.25) is 9.59 Å². The standard InChI is InChI=1S/C15H12F3NO3/c1-7-3-12(20)15(2,22)14(21)9(7)6-19-8-4-10(16)13(18)11(17)5-8/h3-6,19,22H,1-2H3/b9-6-/t15-/m1/s1. The molecule has 2 N–H and O–H groups in total. The number of carbonyl (C=O) groups is 2. The summed E-state index contributed by atoms with van der Waals surface area (Å²) in [5.41, 5.74) is -2.04. The SMILES string of the molecule is CC1=CC(=O)[C@@](C)(O)C(=O)/C1=C\Nc1cc(F)c(F)c(F)c1. The third-order valence-corrected chi connectivity index (χ3v) is 3.31. The summed E-state index contributed by atoms with van der Waals surface area (Å²) in [4.78, 5) is 23.6. The Hall–Kier alpha value is -2.41. The highest BCUT2D eigenvalue weighted by atomic mass is 19.2. The third kappa shape index (κ3) is 2.67. The van der Waals surface area contributed by atoms with Crippen molar-refractivity contribution in [3.8, 4) is 0 Å². The van der Waals surface area contributed by atoms with E-state index in [4.69, 9.17) is 0 Å². The second kappa shape index (κ2) is 5.42. The third-order valence-electron chi connectivity index (χ3n) is 3.31. The van der Waals surface area contributed by atoms with Crippen LogP contribution in [0.4, 0.5) is 18.9 Å². The number of nitrogens with one attached hydrogen (secondary N) is 1. The van der Waals surface area contributed by atoms with E-state index >= 15 is 0 Å². The van der Waals surface area contributed by atoms with Crippen LogP contribution in [0.2, 0.25) is 0 Å². The molecule has 0 amide bonds. The van der Waals surface area contributed by atoms with Crippen LogP contribution in [-0.4, -0.2) is 22.3 Å². The average molecular weight is 311 g/mol. The summed E-state index contributed by atoms with van der Waals surface area (Å²) in [6.07, 6.45) is 2.20. The fourth-order valence-electron chi connectivity index (χ4n) is 1.94. The lowest BCUT2D eigenvalue weighted by Crippen LogP contribution is -2.46. The Morgan fingerprint density at radius 3 is 2.27 bits per heavy atom. The largest absolute Gasteiger partial charge is 0.374 e. The Morgan fingerprint density at radius 2 is 1.73 bits per heavy atom. The minimum Gasteiger partial charge on any atom is -0.374 e. The lowest BCUT2D eigenvalue weighted by Gasteiger charge is -2.25. The number of halogens is 3. The monoisotopic (exact) mass is 311 g/mol. The summed E-state index contributed by atoms with van der Waals surface area (Å²) in [6.45, 7) is 2.54. The van der Waals surface area contributed by atoms with E-state index in [1.807, 2.05) is 0 Å². The van der Waals surface area contributed by atoms with Gasteiger partial charge in [0.2, 0.25) is 5.78 Å². The number of Topliss-reactive ketones (excluding diaryl/α,β-unsaturated/α-hetero) is 1. The van der Waals surface area contributed by atoms with Gasteiger partial charge in [-0.1, -0.05) is 0 Å². The molecule has 1 aromatic carbocycles. The van der Waals surface area contributed by atoms with Crippen molar-refractivity contribution in [3.63, 3.8) is 0 Å². The summed E-state index contributed by atoms with van der Waals surface area (Å²) in [5, 5.41) is 12.3. The van der Waals surface area contributed by atoms with Crippen molar-refractivity contribution in [2.75, 3.05) is 5.32 Å². The summed E-state index contributed by atoms with van der Waals surface area (Å²) in [6, 6.07) is 1.43. The molecule has 0 radical (unpaired) electrons. The van der Waals surface area contributed by atoms with Gasteiger partial charge in [0, 0.05) is 29.6 Å². The molecule has 0 aliphatic heterocycles. The highest BCUT2D eigenvalue weighted by Crippen LogP contribution is 2.26. The van der Waals surface area contributed by atoms with Crippen LogP contribution in [0.5, 0.6) is 0 Å². The Labute approximate surface area is 123 Å². The Morgan fingerprint density at radius 1 is 1.18 bits per heavy atom. The Balaban J connectivity index is 2.36. The first-order valence-corrected chi connectivity index (χ1v) is 6.26. The van der Waals surface area contributed by atoms with Crippen molar-refractivity contribution in [1.82, 2.24) is 0 Å². The van der Waals surface area contributed by atoms with E-state index in [-0.39, 0.29) is 16.8 Å². The number of rotatable bonds is 2. The van der Waals surface area contributed by atoms with Gasteiger partial charge in [0.25, 0.3) is 0 Å². The van der Waals surface area contributed by atoms with E-state index in [2.05, 4.69) is 5.32 Å². The van der Waals surface area contributed by atoms with E-state index in [1.54, 1.807) is 0 Å². The van der Waals surface area contributed by atoms with Crippen molar-refractivity contribution >= 4 is 17.3 Å². The molecule has 2 rings (SSSR count).